The van der Waals surface area contributed by atoms with Crippen molar-refractivity contribution in [1.82, 2.24) is 5.32 Å². The van der Waals surface area contributed by atoms with Crippen LogP contribution in [-0.4, -0.2) is 24.4 Å². The molecule has 0 saturated heterocycles. The number of aliphatic hydroxyl groups excluding tert-OH is 1. The number of benzene rings is 1. The van der Waals surface area contributed by atoms with Crippen LogP contribution in [0.1, 0.15) is 38.7 Å². The van der Waals surface area contributed by atoms with E-state index < -0.39 is 0 Å². The molecule has 0 aliphatic heterocycles. The van der Waals surface area contributed by atoms with Gasteiger partial charge in [0.1, 0.15) is 5.75 Å². The minimum absolute atomic E-state index is 0.255. The Hall–Kier alpha value is -0.100. The first-order valence-electron chi connectivity index (χ1n) is 6.99. The number of aliphatic hydroxyl groups is 1. The molecular formula is C15H23Br2NO2. The Bertz CT molecular complexity index is 388. The Kier molecular flexibility index (Phi) is 8.77. The summed E-state index contributed by atoms with van der Waals surface area (Å²) in [5.41, 5.74) is 1.21. The van der Waals surface area contributed by atoms with Crippen molar-refractivity contribution in [1.29, 1.82) is 0 Å². The van der Waals surface area contributed by atoms with Crippen LogP contribution in [0.25, 0.3) is 0 Å². The molecule has 5 heteroatoms. The van der Waals surface area contributed by atoms with Crippen molar-refractivity contribution in [2.75, 3.05) is 13.2 Å². The second-order valence-electron chi connectivity index (χ2n) is 5.06. The second-order valence-corrected chi connectivity index (χ2v) is 6.77. The van der Waals surface area contributed by atoms with Crippen LogP contribution in [-0.2, 0) is 6.54 Å². The molecule has 0 amide bonds. The molecule has 0 heterocycles. The van der Waals surface area contributed by atoms with Gasteiger partial charge in [0, 0.05) is 19.2 Å². The smallest absolute Gasteiger partial charge is 0.147 e. The van der Waals surface area contributed by atoms with E-state index in [2.05, 4.69) is 63.2 Å². The highest BCUT2D eigenvalue weighted by atomic mass is 79.9. The highest BCUT2D eigenvalue weighted by Gasteiger charge is 2.09. The topological polar surface area (TPSA) is 41.5 Å². The molecule has 0 saturated carbocycles. The molecule has 114 valence electrons. The maximum atomic E-state index is 8.73. The van der Waals surface area contributed by atoms with Crippen LogP contribution in [0.3, 0.4) is 0 Å². The monoisotopic (exact) mass is 407 g/mol. The van der Waals surface area contributed by atoms with Crippen LogP contribution in [0.5, 0.6) is 5.75 Å². The molecule has 0 fully saturated rings. The van der Waals surface area contributed by atoms with Gasteiger partial charge in [0.05, 0.1) is 15.6 Å². The Morgan fingerprint density at radius 3 is 2.35 bits per heavy atom. The number of nitrogens with one attached hydrogen (secondary N) is 1. The molecule has 0 radical (unpaired) electrons. The first-order valence-corrected chi connectivity index (χ1v) is 8.58. The number of halogens is 2. The van der Waals surface area contributed by atoms with Gasteiger partial charge in [-0.3, -0.25) is 0 Å². The zero-order chi connectivity index (χ0) is 15.0. The third-order valence-corrected chi connectivity index (χ3v) is 4.00. The molecule has 0 aromatic heterocycles. The van der Waals surface area contributed by atoms with Gasteiger partial charge in [-0.05, 0) is 68.8 Å². The number of hydrogen-bond acceptors (Lipinski definition) is 3. The maximum Gasteiger partial charge on any atom is 0.147 e. The van der Waals surface area contributed by atoms with Gasteiger partial charge in [0.2, 0.25) is 0 Å². The van der Waals surface area contributed by atoms with Crippen molar-refractivity contribution in [3.63, 3.8) is 0 Å². The van der Waals surface area contributed by atoms with Crippen LogP contribution in [0.2, 0.25) is 0 Å². The number of rotatable bonds is 9. The Labute approximate surface area is 138 Å². The Morgan fingerprint density at radius 1 is 1.15 bits per heavy atom. The average Bonchev–Trinajstić information content (AvgIpc) is 2.38. The zero-order valence-corrected chi connectivity index (χ0v) is 15.3. The molecule has 1 aromatic rings. The largest absolute Gasteiger partial charge is 0.491 e. The first kappa shape index (κ1) is 18.0. The fourth-order valence-electron chi connectivity index (χ4n) is 1.74. The molecular weight excluding hydrogens is 386 g/mol. The van der Waals surface area contributed by atoms with Gasteiger partial charge in [0.15, 0.2) is 0 Å². The summed E-state index contributed by atoms with van der Waals surface area (Å²) in [4.78, 5) is 0. The lowest BCUT2D eigenvalue weighted by Crippen LogP contribution is -2.21. The lowest BCUT2D eigenvalue weighted by molar-refractivity contribution is 0.265. The van der Waals surface area contributed by atoms with Crippen LogP contribution in [0.4, 0.5) is 0 Å². The van der Waals surface area contributed by atoms with E-state index >= 15 is 0 Å². The highest BCUT2D eigenvalue weighted by Crippen LogP contribution is 2.35. The van der Waals surface area contributed by atoms with Gasteiger partial charge in [-0.25, -0.2) is 0 Å². The van der Waals surface area contributed by atoms with E-state index in [9.17, 15) is 0 Å². The van der Waals surface area contributed by atoms with Gasteiger partial charge in [-0.2, -0.15) is 0 Å². The zero-order valence-electron chi connectivity index (χ0n) is 12.1. The second kappa shape index (κ2) is 9.77. The summed E-state index contributed by atoms with van der Waals surface area (Å²) in [7, 11) is 0. The SMILES string of the molecule is CC(C)NCc1cc(Br)c(OCCCCCO)c(Br)c1. The summed E-state index contributed by atoms with van der Waals surface area (Å²) in [5, 5.41) is 12.1. The van der Waals surface area contributed by atoms with E-state index in [1.807, 2.05) is 0 Å². The Morgan fingerprint density at radius 2 is 1.80 bits per heavy atom. The van der Waals surface area contributed by atoms with E-state index in [1.54, 1.807) is 0 Å². The standard InChI is InChI=1S/C15H23Br2NO2/c1-11(2)18-10-12-8-13(16)15(14(17)9-12)20-7-5-3-4-6-19/h8-9,11,18-19H,3-7,10H2,1-2H3. The predicted molar refractivity (Wildman–Crippen MR) is 90.2 cm³/mol. The third kappa shape index (κ3) is 6.57. The van der Waals surface area contributed by atoms with Crippen LogP contribution in [0, 0.1) is 0 Å². The quantitative estimate of drug-likeness (QED) is 0.600. The molecule has 0 spiro atoms. The molecule has 0 bridgehead atoms. The minimum atomic E-state index is 0.255. The van der Waals surface area contributed by atoms with E-state index in [4.69, 9.17) is 9.84 Å². The van der Waals surface area contributed by atoms with Crippen molar-refractivity contribution >= 4 is 31.9 Å². The fraction of sp³-hybridized carbons (Fsp3) is 0.600. The molecule has 0 aliphatic carbocycles. The number of unbranched alkanes of at least 4 members (excludes halogenated alkanes) is 2. The number of hydrogen-bond donors (Lipinski definition) is 2. The fourth-order valence-corrected chi connectivity index (χ4v) is 3.25. The van der Waals surface area contributed by atoms with Crippen LogP contribution >= 0.6 is 31.9 Å². The predicted octanol–water partition coefficient (Wildman–Crippen LogP) is 4.25. The van der Waals surface area contributed by atoms with Crippen molar-refractivity contribution < 1.29 is 9.84 Å². The third-order valence-electron chi connectivity index (χ3n) is 2.82. The summed E-state index contributed by atoms with van der Waals surface area (Å²) in [6.07, 6.45) is 2.78. The van der Waals surface area contributed by atoms with Crippen molar-refractivity contribution in [3.8, 4) is 5.75 Å². The van der Waals surface area contributed by atoms with E-state index in [-0.39, 0.29) is 6.61 Å². The lowest BCUT2D eigenvalue weighted by atomic mass is 10.2. The van der Waals surface area contributed by atoms with Crippen LogP contribution in [0.15, 0.2) is 21.1 Å². The molecule has 2 N–H and O–H groups in total. The van der Waals surface area contributed by atoms with E-state index in [0.717, 1.165) is 40.5 Å². The van der Waals surface area contributed by atoms with Crippen molar-refractivity contribution in [2.24, 2.45) is 0 Å². The number of ether oxygens (including phenoxy) is 1. The van der Waals surface area contributed by atoms with Crippen molar-refractivity contribution in [3.05, 3.63) is 26.6 Å². The van der Waals surface area contributed by atoms with E-state index in [1.165, 1.54) is 5.56 Å². The Balaban J connectivity index is 2.55. The first-order chi connectivity index (χ1) is 9.54. The van der Waals surface area contributed by atoms with E-state index in [0.29, 0.717) is 12.6 Å². The molecule has 3 nitrogen and oxygen atoms in total. The van der Waals surface area contributed by atoms with Gasteiger partial charge in [0.25, 0.3) is 0 Å². The molecule has 1 rings (SSSR count). The average molecular weight is 409 g/mol. The molecule has 0 aliphatic rings. The molecule has 0 unspecified atom stereocenters. The minimum Gasteiger partial charge on any atom is -0.491 e. The highest BCUT2D eigenvalue weighted by molar-refractivity contribution is 9.11. The molecule has 0 atom stereocenters. The van der Waals surface area contributed by atoms with Gasteiger partial charge in [-0.15, -0.1) is 0 Å². The normalized spacial score (nSPS) is 11.1. The van der Waals surface area contributed by atoms with Crippen molar-refractivity contribution in [2.45, 2.75) is 45.7 Å². The van der Waals surface area contributed by atoms with Gasteiger partial charge < -0.3 is 15.2 Å². The summed E-state index contributed by atoms with van der Waals surface area (Å²) >= 11 is 7.13. The lowest BCUT2D eigenvalue weighted by Gasteiger charge is -2.13. The van der Waals surface area contributed by atoms with Gasteiger partial charge >= 0.3 is 0 Å². The summed E-state index contributed by atoms with van der Waals surface area (Å²) < 4.78 is 7.73. The summed E-state index contributed by atoms with van der Waals surface area (Å²) in [6.45, 7) is 6.03. The molecule has 1 aromatic carbocycles. The summed E-state index contributed by atoms with van der Waals surface area (Å²) in [6, 6.07) is 4.64. The van der Waals surface area contributed by atoms with Crippen LogP contribution < -0.4 is 10.1 Å². The molecule has 20 heavy (non-hydrogen) atoms. The summed E-state index contributed by atoms with van der Waals surface area (Å²) in [5.74, 6) is 0.849. The van der Waals surface area contributed by atoms with Gasteiger partial charge in [-0.1, -0.05) is 13.8 Å². The maximum absolute atomic E-state index is 8.73.